The molecule has 0 aromatic carbocycles. The van der Waals surface area contributed by atoms with Gasteiger partial charge in [-0.2, -0.15) is 0 Å². The van der Waals surface area contributed by atoms with Crippen LogP contribution in [0.4, 0.5) is 4.79 Å². The van der Waals surface area contributed by atoms with Crippen molar-refractivity contribution < 1.29 is 19.1 Å². The summed E-state index contributed by atoms with van der Waals surface area (Å²) in [6.45, 7) is 8.78. The SMILES string of the molecule is CC(C)C(NC(=O)OC(C)(C)C)C(=O)NCC(=O)NC1CC1. The van der Waals surface area contributed by atoms with Crippen LogP contribution in [-0.2, 0) is 14.3 Å². The highest BCUT2D eigenvalue weighted by Gasteiger charge is 2.28. The molecule has 0 bridgehead atoms. The molecule has 0 aromatic heterocycles. The van der Waals surface area contributed by atoms with E-state index in [4.69, 9.17) is 4.74 Å². The van der Waals surface area contributed by atoms with Crippen molar-refractivity contribution in [2.24, 2.45) is 5.92 Å². The number of amides is 3. The van der Waals surface area contributed by atoms with Gasteiger partial charge in [-0.15, -0.1) is 0 Å². The monoisotopic (exact) mass is 313 g/mol. The molecular formula is C15H27N3O4. The van der Waals surface area contributed by atoms with Gasteiger partial charge in [0.1, 0.15) is 11.6 Å². The van der Waals surface area contributed by atoms with E-state index in [9.17, 15) is 14.4 Å². The molecule has 3 N–H and O–H groups in total. The Hall–Kier alpha value is -1.79. The molecule has 3 amide bonds. The minimum absolute atomic E-state index is 0.0887. The lowest BCUT2D eigenvalue weighted by Crippen LogP contribution is -2.52. The first-order valence-electron chi connectivity index (χ1n) is 7.65. The Kier molecular flexibility index (Phi) is 6.20. The second-order valence-corrected chi connectivity index (χ2v) is 6.93. The highest BCUT2D eigenvalue weighted by Crippen LogP contribution is 2.18. The van der Waals surface area contributed by atoms with E-state index in [1.807, 2.05) is 13.8 Å². The van der Waals surface area contributed by atoms with Gasteiger partial charge in [0.25, 0.3) is 0 Å². The van der Waals surface area contributed by atoms with Crippen molar-refractivity contribution in [3.05, 3.63) is 0 Å². The molecule has 1 atom stereocenters. The van der Waals surface area contributed by atoms with E-state index in [2.05, 4.69) is 16.0 Å². The van der Waals surface area contributed by atoms with Crippen LogP contribution < -0.4 is 16.0 Å². The number of nitrogens with one attached hydrogen (secondary N) is 3. The summed E-state index contributed by atoms with van der Waals surface area (Å²) < 4.78 is 5.15. The summed E-state index contributed by atoms with van der Waals surface area (Å²) in [4.78, 5) is 35.5. The van der Waals surface area contributed by atoms with E-state index in [0.717, 1.165) is 12.8 Å². The van der Waals surface area contributed by atoms with Gasteiger partial charge in [0, 0.05) is 6.04 Å². The Labute approximate surface area is 131 Å². The minimum atomic E-state index is -0.747. The van der Waals surface area contributed by atoms with Gasteiger partial charge in [0.15, 0.2) is 0 Å². The zero-order valence-electron chi connectivity index (χ0n) is 14.0. The van der Waals surface area contributed by atoms with E-state index in [1.54, 1.807) is 20.8 Å². The fraction of sp³-hybridized carbons (Fsp3) is 0.800. The van der Waals surface area contributed by atoms with Crippen molar-refractivity contribution in [2.45, 2.75) is 65.1 Å². The number of hydrogen-bond acceptors (Lipinski definition) is 4. The fourth-order valence-electron chi connectivity index (χ4n) is 1.75. The Bertz CT molecular complexity index is 425. The summed E-state index contributed by atoms with van der Waals surface area (Å²) >= 11 is 0. The lowest BCUT2D eigenvalue weighted by molar-refractivity contribution is -0.128. The summed E-state index contributed by atoms with van der Waals surface area (Å²) in [5, 5.41) is 7.87. The number of carbonyl (C=O) groups excluding carboxylic acids is 3. The molecule has 22 heavy (non-hydrogen) atoms. The third-order valence-electron chi connectivity index (χ3n) is 2.99. The third kappa shape index (κ3) is 7.28. The largest absolute Gasteiger partial charge is 0.444 e. The highest BCUT2D eigenvalue weighted by molar-refractivity contribution is 5.89. The average molecular weight is 313 g/mol. The smallest absolute Gasteiger partial charge is 0.408 e. The summed E-state index contributed by atoms with van der Waals surface area (Å²) in [5.41, 5.74) is -0.633. The standard InChI is InChI=1S/C15H27N3O4/c1-9(2)12(18-14(21)22-15(3,4)5)13(20)16-8-11(19)17-10-6-7-10/h9-10,12H,6-8H2,1-5H3,(H,16,20)(H,17,19)(H,18,21). The van der Waals surface area contributed by atoms with Crippen molar-refractivity contribution in [3.63, 3.8) is 0 Å². The average Bonchev–Trinajstić information content (AvgIpc) is 3.14. The Morgan fingerprint density at radius 3 is 2.23 bits per heavy atom. The second-order valence-electron chi connectivity index (χ2n) is 6.93. The van der Waals surface area contributed by atoms with Gasteiger partial charge >= 0.3 is 6.09 Å². The van der Waals surface area contributed by atoms with Crippen molar-refractivity contribution in [1.29, 1.82) is 0 Å². The maximum Gasteiger partial charge on any atom is 0.408 e. The fourth-order valence-corrected chi connectivity index (χ4v) is 1.75. The molecule has 1 aliphatic carbocycles. The van der Waals surface area contributed by atoms with Crippen LogP contribution in [0.3, 0.4) is 0 Å². The zero-order valence-corrected chi connectivity index (χ0v) is 14.0. The Morgan fingerprint density at radius 1 is 1.18 bits per heavy atom. The normalized spacial score (nSPS) is 15.9. The molecule has 1 fully saturated rings. The molecule has 7 heteroatoms. The molecule has 0 aliphatic heterocycles. The lowest BCUT2D eigenvalue weighted by atomic mass is 10.0. The topological polar surface area (TPSA) is 96.5 Å². The van der Waals surface area contributed by atoms with Gasteiger partial charge in [-0.1, -0.05) is 13.8 Å². The van der Waals surface area contributed by atoms with Gasteiger partial charge in [-0.25, -0.2) is 4.79 Å². The molecule has 0 aromatic rings. The molecule has 0 saturated heterocycles. The third-order valence-corrected chi connectivity index (χ3v) is 2.99. The first-order valence-corrected chi connectivity index (χ1v) is 7.65. The van der Waals surface area contributed by atoms with Crippen LogP contribution in [0.5, 0.6) is 0 Å². The molecule has 7 nitrogen and oxygen atoms in total. The summed E-state index contributed by atoms with van der Waals surface area (Å²) in [5.74, 6) is -0.735. The van der Waals surface area contributed by atoms with E-state index < -0.39 is 23.6 Å². The van der Waals surface area contributed by atoms with Gasteiger partial charge in [0.2, 0.25) is 11.8 Å². The first-order chi connectivity index (χ1) is 10.1. The molecule has 1 saturated carbocycles. The van der Waals surface area contributed by atoms with Gasteiger partial charge in [-0.05, 0) is 39.5 Å². The number of hydrogen-bond donors (Lipinski definition) is 3. The number of rotatable bonds is 6. The van der Waals surface area contributed by atoms with Crippen LogP contribution in [0, 0.1) is 5.92 Å². The van der Waals surface area contributed by atoms with Gasteiger partial charge in [0.05, 0.1) is 6.54 Å². The lowest BCUT2D eigenvalue weighted by Gasteiger charge is -2.25. The van der Waals surface area contributed by atoms with Crippen LogP contribution >= 0.6 is 0 Å². The van der Waals surface area contributed by atoms with Crippen LogP contribution in [0.1, 0.15) is 47.5 Å². The van der Waals surface area contributed by atoms with E-state index in [-0.39, 0.29) is 24.4 Å². The maximum absolute atomic E-state index is 12.1. The van der Waals surface area contributed by atoms with Crippen LogP contribution in [-0.4, -0.2) is 42.1 Å². The van der Waals surface area contributed by atoms with Gasteiger partial charge < -0.3 is 20.7 Å². The number of carbonyl (C=O) groups is 3. The second kappa shape index (κ2) is 7.47. The quantitative estimate of drug-likeness (QED) is 0.679. The zero-order chi connectivity index (χ0) is 16.9. The van der Waals surface area contributed by atoms with E-state index in [0.29, 0.717) is 0 Å². The van der Waals surface area contributed by atoms with Crippen LogP contribution in [0.15, 0.2) is 0 Å². The van der Waals surface area contributed by atoms with Crippen molar-refractivity contribution in [3.8, 4) is 0 Å². The predicted octanol–water partition coefficient (Wildman–Crippen LogP) is 0.931. The molecule has 1 unspecified atom stereocenters. The molecule has 0 heterocycles. The molecule has 0 spiro atoms. The summed E-state index contributed by atoms with van der Waals surface area (Å²) in [6, 6.07) is -0.492. The Morgan fingerprint density at radius 2 is 1.77 bits per heavy atom. The van der Waals surface area contributed by atoms with E-state index in [1.165, 1.54) is 0 Å². The number of ether oxygens (including phenoxy) is 1. The maximum atomic E-state index is 12.1. The predicted molar refractivity (Wildman–Crippen MR) is 82.2 cm³/mol. The summed E-state index contributed by atoms with van der Waals surface area (Å²) in [7, 11) is 0. The van der Waals surface area contributed by atoms with Crippen molar-refractivity contribution in [1.82, 2.24) is 16.0 Å². The number of alkyl carbamates (subject to hydrolysis) is 1. The molecule has 126 valence electrons. The van der Waals surface area contributed by atoms with Crippen molar-refractivity contribution >= 4 is 17.9 Å². The van der Waals surface area contributed by atoms with E-state index >= 15 is 0 Å². The first kappa shape index (κ1) is 18.3. The highest BCUT2D eigenvalue weighted by atomic mass is 16.6. The minimum Gasteiger partial charge on any atom is -0.444 e. The molecule has 0 radical (unpaired) electrons. The Balaban J connectivity index is 2.44. The summed E-state index contributed by atoms with van der Waals surface area (Å²) in [6.07, 6.45) is 1.34. The molecule has 1 rings (SSSR count). The van der Waals surface area contributed by atoms with Gasteiger partial charge in [-0.3, -0.25) is 9.59 Å². The molecule has 1 aliphatic rings. The van der Waals surface area contributed by atoms with Crippen molar-refractivity contribution in [2.75, 3.05) is 6.54 Å². The van der Waals surface area contributed by atoms with Crippen LogP contribution in [0.2, 0.25) is 0 Å². The van der Waals surface area contributed by atoms with Crippen LogP contribution in [0.25, 0.3) is 0 Å². The molecular weight excluding hydrogens is 286 g/mol.